The molecule has 1 rings (SSSR count). The topological polar surface area (TPSA) is 88.1 Å². The summed E-state index contributed by atoms with van der Waals surface area (Å²) in [6.07, 6.45) is 0.420. The Kier molecular flexibility index (Phi) is 5.92. The fraction of sp³-hybridized carbons (Fsp3) is 0.429. The molecular formula is C14H21N3O4S. The number of rotatable bonds is 5. The molecule has 0 heterocycles. The summed E-state index contributed by atoms with van der Waals surface area (Å²) in [5, 5.41) is 5.89. The highest BCUT2D eigenvalue weighted by Crippen LogP contribution is 2.26. The zero-order valence-corrected chi connectivity index (χ0v) is 14.2. The van der Waals surface area contributed by atoms with Crippen molar-refractivity contribution in [1.29, 1.82) is 0 Å². The van der Waals surface area contributed by atoms with Gasteiger partial charge in [-0.3, -0.25) is 9.14 Å². The van der Waals surface area contributed by atoms with Crippen LogP contribution in [0.3, 0.4) is 0 Å². The number of para-hydroxylation sites is 1. The van der Waals surface area contributed by atoms with Crippen LogP contribution in [0.2, 0.25) is 0 Å². The van der Waals surface area contributed by atoms with Crippen molar-refractivity contribution in [1.82, 2.24) is 5.32 Å². The average molecular weight is 327 g/mol. The van der Waals surface area contributed by atoms with E-state index in [0.717, 1.165) is 17.4 Å². The van der Waals surface area contributed by atoms with Gasteiger partial charge in [0.05, 0.1) is 24.2 Å². The summed E-state index contributed by atoms with van der Waals surface area (Å²) in [5.41, 5.74) is 2.65. The van der Waals surface area contributed by atoms with Gasteiger partial charge in [-0.1, -0.05) is 23.4 Å². The van der Waals surface area contributed by atoms with Gasteiger partial charge in [0.1, 0.15) is 0 Å². The van der Waals surface area contributed by atoms with Gasteiger partial charge in [0.25, 0.3) is 0 Å². The lowest BCUT2D eigenvalue weighted by Gasteiger charge is -2.25. The number of carbonyl (C=O) groups is 1. The van der Waals surface area contributed by atoms with Gasteiger partial charge < -0.3 is 5.32 Å². The Morgan fingerprint density at radius 3 is 2.32 bits per heavy atom. The summed E-state index contributed by atoms with van der Waals surface area (Å²) in [6, 6.07) is 5.55. The van der Waals surface area contributed by atoms with Crippen molar-refractivity contribution < 1.29 is 18.0 Å². The summed E-state index contributed by atoms with van der Waals surface area (Å²) in [5.74, 6) is 0. The highest BCUT2D eigenvalue weighted by molar-refractivity contribution is 7.92. The number of carbonyl (C=O) groups excluding carboxylic acids is 1. The molecule has 1 amide bonds. The number of amides is 1. The van der Waals surface area contributed by atoms with Gasteiger partial charge in [-0.15, -0.1) is 0 Å². The van der Waals surface area contributed by atoms with Crippen LogP contribution in [0.5, 0.6) is 0 Å². The van der Waals surface area contributed by atoms with E-state index in [4.69, 9.17) is 0 Å². The van der Waals surface area contributed by atoms with Crippen LogP contribution in [0, 0.1) is 13.8 Å². The zero-order valence-electron chi connectivity index (χ0n) is 13.4. The highest BCUT2D eigenvalue weighted by atomic mass is 32.2. The third-order valence-electron chi connectivity index (χ3n) is 2.95. The van der Waals surface area contributed by atoms with Crippen molar-refractivity contribution in [3.8, 4) is 0 Å². The number of nitrogens with one attached hydrogen (secondary N) is 1. The predicted molar refractivity (Wildman–Crippen MR) is 86.8 cm³/mol. The van der Waals surface area contributed by atoms with Gasteiger partial charge in [0.15, 0.2) is 0 Å². The van der Waals surface area contributed by atoms with Gasteiger partial charge in [0, 0.05) is 7.05 Å². The summed E-state index contributed by atoms with van der Waals surface area (Å²) >= 11 is 0. The van der Waals surface area contributed by atoms with E-state index < -0.39 is 16.1 Å². The standard InChI is InChI=1S/C14H21N3O4S/c1-10-7-6-8-11(2)13(10)17(22(5,19)20)9-12(3)16-21-14(18)15-4/h6-8H,9H2,1-5H3,(H,15,18). The van der Waals surface area contributed by atoms with E-state index in [-0.39, 0.29) is 6.54 Å². The number of hydrogen-bond donors (Lipinski definition) is 1. The van der Waals surface area contributed by atoms with E-state index >= 15 is 0 Å². The molecule has 0 aliphatic rings. The Labute approximate surface area is 131 Å². The Morgan fingerprint density at radius 1 is 1.32 bits per heavy atom. The number of oxime groups is 1. The summed E-state index contributed by atoms with van der Waals surface area (Å²) in [4.78, 5) is 15.6. The van der Waals surface area contributed by atoms with Crippen molar-refractivity contribution in [2.24, 2.45) is 5.16 Å². The third kappa shape index (κ3) is 4.73. The number of anilines is 1. The van der Waals surface area contributed by atoms with Crippen molar-refractivity contribution in [2.45, 2.75) is 20.8 Å². The maximum Gasteiger partial charge on any atom is 0.433 e. The molecule has 1 aromatic rings. The van der Waals surface area contributed by atoms with Crippen molar-refractivity contribution in [3.05, 3.63) is 29.3 Å². The van der Waals surface area contributed by atoms with Crippen LogP contribution in [-0.2, 0) is 14.9 Å². The quantitative estimate of drug-likeness (QED) is 0.507. The molecule has 0 saturated heterocycles. The molecule has 0 unspecified atom stereocenters. The van der Waals surface area contributed by atoms with E-state index in [1.54, 1.807) is 6.92 Å². The fourth-order valence-electron chi connectivity index (χ4n) is 1.96. The molecule has 0 aliphatic heterocycles. The Bertz CT molecular complexity index is 663. The molecule has 0 aromatic heterocycles. The number of aryl methyl sites for hydroxylation is 2. The molecule has 1 N–H and O–H groups in total. The van der Waals surface area contributed by atoms with Gasteiger partial charge in [-0.25, -0.2) is 13.2 Å². The smallest absolute Gasteiger partial charge is 0.323 e. The van der Waals surface area contributed by atoms with E-state index in [1.807, 2.05) is 32.0 Å². The van der Waals surface area contributed by atoms with Gasteiger partial charge in [-0.2, -0.15) is 0 Å². The maximum absolute atomic E-state index is 12.1. The molecule has 0 atom stereocenters. The minimum absolute atomic E-state index is 0.00151. The summed E-state index contributed by atoms with van der Waals surface area (Å²) in [6.45, 7) is 5.28. The Balaban J connectivity index is 3.14. The maximum atomic E-state index is 12.1. The molecule has 122 valence electrons. The minimum atomic E-state index is -3.51. The van der Waals surface area contributed by atoms with Crippen LogP contribution in [0.4, 0.5) is 10.5 Å². The largest absolute Gasteiger partial charge is 0.433 e. The molecule has 22 heavy (non-hydrogen) atoms. The molecule has 0 aliphatic carbocycles. The predicted octanol–water partition coefficient (Wildman–Crippen LogP) is 1.80. The molecular weight excluding hydrogens is 306 g/mol. The number of hydrogen-bond acceptors (Lipinski definition) is 5. The van der Waals surface area contributed by atoms with E-state index in [0.29, 0.717) is 11.4 Å². The van der Waals surface area contributed by atoms with Gasteiger partial charge in [0.2, 0.25) is 10.0 Å². The SMILES string of the molecule is CNC(=O)ON=C(C)CN(c1c(C)cccc1C)S(C)(=O)=O. The number of sulfonamides is 1. The Morgan fingerprint density at radius 2 is 1.86 bits per heavy atom. The zero-order chi connectivity index (χ0) is 16.9. The van der Waals surface area contributed by atoms with Gasteiger partial charge in [-0.05, 0) is 31.9 Å². The van der Waals surface area contributed by atoms with Gasteiger partial charge >= 0.3 is 6.09 Å². The molecule has 0 radical (unpaired) electrons. The normalized spacial score (nSPS) is 12.0. The monoisotopic (exact) mass is 327 g/mol. The lowest BCUT2D eigenvalue weighted by atomic mass is 10.1. The van der Waals surface area contributed by atoms with Crippen LogP contribution in [0.25, 0.3) is 0 Å². The van der Waals surface area contributed by atoms with Crippen LogP contribution in [0.15, 0.2) is 23.4 Å². The first-order chi connectivity index (χ1) is 10.2. The molecule has 8 heteroatoms. The summed E-state index contributed by atoms with van der Waals surface area (Å²) < 4.78 is 25.5. The second kappa shape index (κ2) is 7.26. The van der Waals surface area contributed by atoms with Crippen LogP contribution >= 0.6 is 0 Å². The van der Waals surface area contributed by atoms with Crippen molar-refractivity contribution >= 4 is 27.5 Å². The minimum Gasteiger partial charge on any atom is -0.323 e. The first-order valence-electron chi connectivity index (χ1n) is 6.63. The van der Waals surface area contributed by atoms with Crippen LogP contribution in [0.1, 0.15) is 18.1 Å². The van der Waals surface area contributed by atoms with Crippen molar-refractivity contribution in [3.63, 3.8) is 0 Å². The second-order valence-corrected chi connectivity index (χ2v) is 6.87. The summed E-state index contributed by atoms with van der Waals surface area (Å²) in [7, 11) is -2.10. The first kappa shape index (κ1) is 18.0. The highest BCUT2D eigenvalue weighted by Gasteiger charge is 2.22. The molecule has 7 nitrogen and oxygen atoms in total. The fourth-order valence-corrected chi connectivity index (χ4v) is 3.00. The van der Waals surface area contributed by atoms with E-state index in [9.17, 15) is 13.2 Å². The number of benzene rings is 1. The molecule has 0 saturated carbocycles. The third-order valence-corrected chi connectivity index (χ3v) is 4.06. The molecule has 0 bridgehead atoms. The van der Waals surface area contributed by atoms with Crippen LogP contribution in [-0.4, -0.2) is 40.1 Å². The first-order valence-corrected chi connectivity index (χ1v) is 8.47. The lowest BCUT2D eigenvalue weighted by Crippen LogP contribution is -2.35. The van der Waals surface area contributed by atoms with E-state index in [2.05, 4.69) is 15.3 Å². The van der Waals surface area contributed by atoms with Crippen LogP contribution < -0.4 is 9.62 Å². The van der Waals surface area contributed by atoms with E-state index in [1.165, 1.54) is 11.4 Å². The average Bonchev–Trinajstić information content (AvgIpc) is 2.42. The second-order valence-electron chi connectivity index (χ2n) is 4.97. The molecule has 0 fully saturated rings. The lowest BCUT2D eigenvalue weighted by molar-refractivity contribution is 0.153. The molecule has 1 aromatic carbocycles. The van der Waals surface area contributed by atoms with Crippen molar-refractivity contribution in [2.75, 3.05) is 24.2 Å². The molecule has 0 spiro atoms. The Hall–Kier alpha value is -2.09. The number of nitrogens with zero attached hydrogens (tertiary/aromatic N) is 2.